The maximum Gasteiger partial charge on any atom is 0.288 e. The highest BCUT2D eigenvalue weighted by Crippen LogP contribution is 2.32. The van der Waals surface area contributed by atoms with Gasteiger partial charge in [-0.15, -0.1) is 0 Å². The lowest BCUT2D eigenvalue weighted by Crippen LogP contribution is -2.32. The minimum Gasteiger partial charge on any atom is -0.308 e. The van der Waals surface area contributed by atoms with E-state index in [2.05, 4.69) is 12.2 Å². The molecule has 0 amide bonds. The third kappa shape index (κ3) is 2.55. The van der Waals surface area contributed by atoms with E-state index in [4.69, 9.17) is 0 Å². The molecule has 16 heavy (non-hydrogen) atoms. The van der Waals surface area contributed by atoms with Crippen LogP contribution in [0.2, 0.25) is 0 Å². The summed E-state index contributed by atoms with van der Waals surface area (Å²) < 4.78 is 24.3. The highest BCUT2D eigenvalue weighted by Gasteiger charge is 2.29. The zero-order chi connectivity index (χ0) is 11.6. The van der Waals surface area contributed by atoms with E-state index >= 15 is 0 Å². The first-order chi connectivity index (χ1) is 7.60. The lowest BCUT2D eigenvalue weighted by molar-refractivity contribution is 0.252. The molecule has 1 heterocycles. The zero-order valence-corrected chi connectivity index (χ0v) is 9.99. The number of hydrogen-bond acceptors (Lipinski definition) is 2. The molecule has 1 fully saturated rings. The molecular weight excluding hydrogens is 228 g/mol. The van der Waals surface area contributed by atoms with Crippen LogP contribution in [-0.2, 0) is 5.54 Å². The van der Waals surface area contributed by atoms with Gasteiger partial charge in [-0.05, 0) is 44.0 Å². The third-order valence-electron chi connectivity index (χ3n) is 3.09. The summed E-state index contributed by atoms with van der Waals surface area (Å²) in [6.45, 7) is 3.19. The van der Waals surface area contributed by atoms with Crippen molar-refractivity contribution in [2.24, 2.45) is 0 Å². The SMILES string of the molecule is CC1(c2ccc(SC(F)F)cc2)CCCN1. The standard InChI is InChI=1S/C12H15F2NS/c1-12(7-2-8-15-12)9-3-5-10(6-4-9)16-11(13)14/h3-6,11,15H,2,7-8H2,1H3. The first-order valence-corrected chi connectivity index (χ1v) is 6.28. The fourth-order valence-corrected chi connectivity index (χ4v) is 2.64. The highest BCUT2D eigenvalue weighted by atomic mass is 32.2. The van der Waals surface area contributed by atoms with Crippen LogP contribution in [0.1, 0.15) is 25.3 Å². The summed E-state index contributed by atoms with van der Waals surface area (Å²) in [5.74, 6) is -2.34. The van der Waals surface area contributed by atoms with Gasteiger partial charge in [-0.2, -0.15) is 8.78 Å². The number of benzene rings is 1. The van der Waals surface area contributed by atoms with Gasteiger partial charge in [0.1, 0.15) is 0 Å². The molecular formula is C12H15F2NS. The van der Waals surface area contributed by atoms with Crippen molar-refractivity contribution in [2.45, 2.75) is 36.0 Å². The summed E-state index contributed by atoms with van der Waals surface area (Å²) in [4.78, 5) is 0.625. The first-order valence-electron chi connectivity index (χ1n) is 5.40. The van der Waals surface area contributed by atoms with E-state index < -0.39 is 5.76 Å². The summed E-state index contributed by atoms with van der Waals surface area (Å²) in [5, 5.41) is 3.45. The molecule has 88 valence electrons. The van der Waals surface area contributed by atoms with Crippen LogP contribution in [0.5, 0.6) is 0 Å². The van der Waals surface area contributed by atoms with Crippen LogP contribution in [-0.4, -0.2) is 12.3 Å². The van der Waals surface area contributed by atoms with Gasteiger partial charge in [-0.25, -0.2) is 0 Å². The Balaban J connectivity index is 2.12. The van der Waals surface area contributed by atoms with Crippen molar-refractivity contribution in [1.29, 1.82) is 0 Å². The Morgan fingerprint density at radius 2 is 2.00 bits per heavy atom. The number of alkyl halides is 2. The number of nitrogens with one attached hydrogen (secondary N) is 1. The van der Waals surface area contributed by atoms with E-state index in [1.807, 2.05) is 12.1 Å². The molecule has 2 rings (SSSR count). The summed E-state index contributed by atoms with van der Waals surface area (Å²) in [6, 6.07) is 7.45. The molecule has 4 heteroatoms. The van der Waals surface area contributed by atoms with Crippen LogP contribution in [0.4, 0.5) is 8.78 Å². The molecule has 1 aliphatic rings. The number of rotatable bonds is 3. The molecule has 1 saturated heterocycles. The van der Waals surface area contributed by atoms with E-state index in [9.17, 15) is 8.78 Å². The molecule has 0 radical (unpaired) electrons. The summed E-state index contributed by atoms with van der Waals surface area (Å²) >= 11 is 0.595. The van der Waals surface area contributed by atoms with Crippen molar-refractivity contribution in [3.05, 3.63) is 29.8 Å². The lowest BCUT2D eigenvalue weighted by atomic mass is 9.91. The molecule has 0 saturated carbocycles. The van der Waals surface area contributed by atoms with Crippen molar-refractivity contribution < 1.29 is 8.78 Å². The Morgan fingerprint density at radius 3 is 2.50 bits per heavy atom. The van der Waals surface area contributed by atoms with Crippen molar-refractivity contribution in [3.8, 4) is 0 Å². The number of halogens is 2. The van der Waals surface area contributed by atoms with Gasteiger partial charge in [-0.3, -0.25) is 0 Å². The predicted molar refractivity (Wildman–Crippen MR) is 62.9 cm³/mol. The maximum atomic E-state index is 12.1. The largest absolute Gasteiger partial charge is 0.308 e. The third-order valence-corrected chi connectivity index (χ3v) is 3.81. The molecule has 0 aromatic heterocycles. The van der Waals surface area contributed by atoms with Gasteiger partial charge in [0, 0.05) is 10.4 Å². The summed E-state index contributed by atoms with van der Waals surface area (Å²) in [5.41, 5.74) is 1.21. The van der Waals surface area contributed by atoms with Crippen molar-refractivity contribution in [2.75, 3.05) is 6.54 Å². The monoisotopic (exact) mass is 243 g/mol. The molecule has 1 aliphatic heterocycles. The highest BCUT2D eigenvalue weighted by molar-refractivity contribution is 7.99. The molecule has 1 unspecified atom stereocenters. The Bertz CT molecular complexity index is 345. The second kappa shape index (κ2) is 4.72. The predicted octanol–water partition coefficient (Wildman–Crippen LogP) is 3.60. The van der Waals surface area contributed by atoms with Crippen LogP contribution in [0.3, 0.4) is 0 Å². The van der Waals surface area contributed by atoms with E-state index in [-0.39, 0.29) is 5.54 Å². The Labute approximate surface area is 98.6 Å². The molecule has 0 aliphatic carbocycles. The second-order valence-electron chi connectivity index (χ2n) is 4.27. The molecule has 1 aromatic rings. The second-order valence-corrected chi connectivity index (χ2v) is 5.33. The quantitative estimate of drug-likeness (QED) is 0.814. The van der Waals surface area contributed by atoms with Gasteiger partial charge in [0.05, 0.1) is 0 Å². The number of hydrogen-bond donors (Lipinski definition) is 1. The normalized spacial score (nSPS) is 25.2. The van der Waals surface area contributed by atoms with Crippen LogP contribution in [0, 0.1) is 0 Å². The van der Waals surface area contributed by atoms with Crippen molar-refractivity contribution in [1.82, 2.24) is 5.32 Å². The smallest absolute Gasteiger partial charge is 0.288 e. The molecule has 1 nitrogen and oxygen atoms in total. The van der Waals surface area contributed by atoms with E-state index in [1.165, 1.54) is 12.0 Å². The summed E-state index contributed by atoms with van der Waals surface area (Å²) in [7, 11) is 0. The van der Waals surface area contributed by atoms with Gasteiger partial charge >= 0.3 is 0 Å². The average molecular weight is 243 g/mol. The Hall–Kier alpha value is -0.610. The molecule has 1 atom stereocenters. The van der Waals surface area contributed by atoms with Gasteiger partial charge < -0.3 is 5.32 Å². The minimum absolute atomic E-state index is 0.0219. The average Bonchev–Trinajstić information content (AvgIpc) is 2.66. The van der Waals surface area contributed by atoms with Crippen LogP contribution < -0.4 is 5.32 Å². The number of thioether (sulfide) groups is 1. The fourth-order valence-electron chi connectivity index (χ4n) is 2.15. The molecule has 0 spiro atoms. The van der Waals surface area contributed by atoms with E-state index in [0.717, 1.165) is 13.0 Å². The molecule has 1 N–H and O–H groups in total. The lowest BCUT2D eigenvalue weighted by Gasteiger charge is -2.25. The van der Waals surface area contributed by atoms with Crippen LogP contribution in [0.15, 0.2) is 29.2 Å². The van der Waals surface area contributed by atoms with E-state index in [0.29, 0.717) is 16.7 Å². The topological polar surface area (TPSA) is 12.0 Å². The van der Waals surface area contributed by atoms with E-state index in [1.54, 1.807) is 12.1 Å². The maximum absolute atomic E-state index is 12.1. The Kier molecular flexibility index (Phi) is 3.50. The fraction of sp³-hybridized carbons (Fsp3) is 0.500. The molecule has 1 aromatic carbocycles. The first kappa shape index (κ1) is 11.9. The van der Waals surface area contributed by atoms with Crippen molar-refractivity contribution in [3.63, 3.8) is 0 Å². The van der Waals surface area contributed by atoms with Gasteiger partial charge in [0.25, 0.3) is 5.76 Å². The Morgan fingerprint density at radius 1 is 1.31 bits per heavy atom. The molecule has 0 bridgehead atoms. The van der Waals surface area contributed by atoms with Crippen LogP contribution >= 0.6 is 11.8 Å². The van der Waals surface area contributed by atoms with Crippen LogP contribution in [0.25, 0.3) is 0 Å². The van der Waals surface area contributed by atoms with Gasteiger partial charge in [0.2, 0.25) is 0 Å². The minimum atomic E-state index is -2.34. The zero-order valence-electron chi connectivity index (χ0n) is 9.17. The van der Waals surface area contributed by atoms with Crippen molar-refractivity contribution >= 4 is 11.8 Å². The van der Waals surface area contributed by atoms with Gasteiger partial charge in [0.15, 0.2) is 0 Å². The summed E-state index contributed by atoms with van der Waals surface area (Å²) in [6.07, 6.45) is 2.28. The van der Waals surface area contributed by atoms with Gasteiger partial charge in [-0.1, -0.05) is 23.9 Å².